The summed E-state index contributed by atoms with van der Waals surface area (Å²) >= 11 is 0. The van der Waals surface area contributed by atoms with Gasteiger partial charge in [0.25, 0.3) is 0 Å². The van der Waals surface area contributed by atoms with Gasteiger partial charge in [-0.05, 0) is 0 Å². The second kappa shape index (κ2) is 27.2. The summed E-state index contributed by atoms with van der Waals surface area (Å²) in [6.45, 7) is 0. The molecule has 5 heavy (non-hydrogen) atoms. The van der Waals surface area contributed by atoms with Gasteiger partial charge in [0.15, 0.2) is 17.4 Å². The van der Waals surface area contributed by atoms with Gasteiger partial charge in [0.05, 0.1) is 0 Å². The Kier molecular flexibility index (Phi) is 228. The molecular weight excluding hydrogens is 219 g/mol. The largest absolute Gasteiger partial charge is 2.00 e. The minimum absolute atomic E-state index is 0. The van der Waals surface area contributed by atoms with E-state index in [0.717, 1.165) is 0 Å². The van der Waals surface area contributed by atoms with E-state index in [1.807, 2.05) is 0 Å². The molecule has 0 N–H and O–H groups in total. The Morgan fingerprint density at radius 3 is 1.20 bits per heavy atom. The van der Waals surface area contributed by atoms with Crippen LogP contribution in [-0.2, 0) is 58.3 Å². The van der Waals surface area contributed by atoms with E-state index in [0.29, 0.717) is 0 Å². The van der Waals surface area contributed by atoms with Gasteiger partial charge in [0.2, 0.25) is 0 Å². The SMILES string of the molecule is [AlH3].[H-].[H-].[Mg+2].[Mn].[Ti].[Zn]. The first-order chi connectivity index (χ1) is 0. The second-order valence-electron chi connectivity index (χ2n) is 0. The summed E-state index contributed by atoms with van der Waals surface area (Å²) in [4.78, 5) is 0. The fourth-order valence-corrected chi connectivity index (χ4v) is 0. The Balaban J connectivity index is 0. The predicted molar refractivity (Wildman–Crippen MR) is 17.9 cm³/mol. The van der Waals surface area contributed by atoms with Crippen LogP contribution in [0.15, 0.2) is 0 Å². The second-order valence-corrected chi connectivity index (χ2v) is 0. The average molecular weight is 225 g/mol. The third-order valence-electron chi connectivity index (χ3n) is 0. The van der Waals surface area contributed by atoms with Crippen molar-refractivity contribution in [1.82, 2.24) is 0 Å². The van der Waals surface area contributed by atoms with Crippen LogP contribution in [0.2, 0.25) is 0 Å². The molecule has 0 heterocycles. The summed E-state index contributed by atoms with van der Waals surface area (Å²) in [5, 5.41) is 0. The van der Waals surface area contributed by atoms with E-state index >= 15 is 0 Å². The molecule has 0 nitrogen and oxygen atoms in total. The monoisotopic (exact) mass is 223 g/mol. The van der Waals surface area contributed by atoms with Gasteiger partial charge in [-0.25, -0.2) is 0 Å². The van der Waals surface area contributed by atoms with Gasteiger partial charge >= 0.3 is 23.1 Å². The van der Waals surface area contributed by atoms with E-state index in [1.165, 1.54) is 0 Å². The van der Waals surface area contributed by atoms with E-state index in [1.54, 1.807) is 0 Å². The van der Waals surface area contributed by atoms with E-state index in [2.05, 4.69) is 0 Å². The minimum Gasteiger partial charge on any atom is -1.00 e. The van der Waals surface area contributed by atoms with Crippen LogP contribution in [0.5, 0.6) is 0 Å². The van der Waals surface area contributed by atoms with Gasteiger partial charge in [-0.15, -0.1) is 0 Å². The van der Waals surface area contributed by atoms with Crippen LogP contribution in [0.25, 0.3) is 0 Å². The number of hydrogen-bond donors (Lipinski definition) is 0. The molecule has 0 aliphatic carbocycles. The third-order valence-corrected chi connectivity index (χ3v) is 0. The van der Waals surface area contributed by atoms with Crippen molar-refractivity contribution in [2.24, 2.45) is 0 Å². The molecule has 0 saturated carbocycles. The molecular formula is H5AlMgMnTiZn. The Morgan fingerprint density at radius 1 is 1.20 bits per heavy atom. The molecule has 0 aromatic carbocycles. The summed E-state index contributed by atoms with van der Waals surface area (Å²) < 4.78 is 0. The number of hydrogen-bond acceptors (Lipinski definition) is 0. The van der Waals surface area contributed by atoms with Crippen molar-refractivity contribution >= 4 is 40.4 Å². The van der Waals surface area contributed by atoms with Gasteiger partial charge in [-0.3, -0.25) is 0 Å². The molecule has 0 unspecified atom stereocenters. The summed E-state index contributed by atoms with van der Waals surface area (Å²) in [6.07, 6.45) is 0. The normalized spacial score (nSPS) is 0. The Morgan fingerprint density at radius 2 is 1.20 bits per heavy atom. The zero-order valence-electron chi connectivity index (χ0n) is 4.29. The molecule has 0 rings (SSSR count). The smallest absolute Gasteiger partial charge is 1.00 e. The Hall–Kier alpha value is 3.16. The molecule has 0 atom stereocenters. The van der Waals surface area contributed by atoms with Crippen LogP contribution < -0.4 is 0 Å². The first-order valence-electron chi connectivity index (χ1n) is 0. The van der Waals surface area contributed by atoms with Crippen molar-refractivity contribution in [1.29, 1.82) is 0 Å². The zero-order valence-corrected chi connectivity index (χ0v) is 9.42. The fraction of sp³-hybridized carbons (Fsp3) is 0. The molecule has 5 heteroatoms. The van der Waals surface area contributed by atoms with E-state index in [-0.39, 0.29) is 102 Å². The average Bonchev–Trinajstić information content (AvgIpc) is 0. The molecule has 0 aliphatic rings. The van der Waals surface area contributed by atoms with Gasteiger partial charge in [-0.1, -0.05) is 0 Å². The van der Waals surface area contributed by atoms with Crippen LogP contribution in [-0.4, -0.2) is 40.4 Å². The summed E-state index contributed by atoms with van der Waals surface area (Å²) in [5.74, 6) is 0. The maximum atomic E-state index is 0. The molecule has 0 fully saturated rings. The summed E-state index contributed by atoms with van der Waals surface area (Å²) in [7, 11) is 0. The van der Waals surface area contributed by atoms with Crippen LogP contribution in [0.1, 0.15) is 2.85 Å². The molecule has 0 saturated heterocycles. The first-order valence-corrected chi connectivity index (χ1v) is 0. The topological polar surface area (TPSA) is 0 Å². The van der Waals surface area contributed by atoms with Crippen molar-refractivity contribution in [3.63, 3.8) is 0 Å². The molecule has 0 bridgehead atoms. The molecule has 0 aromatic heterocycles. The van der Waals surface area contributed by atoms with E-state index < -0.39 is 0 Å². The molecule has 0 aromatic rings. The maximum Gasteiger partial charge on any atom is 2.00 e. The maximum absolute atomic E-state index is 0. The van der Waals surface area contributed by atoms with E-state index in [9.17, 15) is 0 Å². The van der Waals surface area contributed by atoms with Gasteiger partial charge in [-0.2, -0.15) is 0 Å². The molecule has 0 aliphatic heterocycles. The van der Waals surface area contributed by atoms with Crippen molar-refractivity contribution in [3.05, 3.63) is 0 Å². The first kappa shape index (κ1) is 41.9. The van der Waals surface area contributed by atoms with Crippen LogP contribution in [0.4, 0.5) is 0 Å². The standard InChI is InChI=1S/Al.Mg.Mn.Ti.Zn.5H/q;+2;;;;;;;2*-1. The summed E-state index contributed by atoms with van der Waals surface area (Å²) in [6, 6.07) is 0. The zero-order chi connectivity index (χ0) is 0. The van der Waals surface area contributed by atoms with Crippen molar-refractivity contribution < 1.29 is 61.1 Å². The van der Waals surface area contributed by atoms with Gasteiger partial charge < -0.3 is 2.85 Å². The third kappa shape index (κ3) is 19.1. The Bertz CT molecular complexity index is 17.7. The molecule has 23 valence electrons. The van der Waals surface area contributed by atoms with Crippen molar-refractivity contribution in [2.45, 2.75) is 0 Å². The number of rotatable bonds is 0. The molecule has 1 radical (unpaired) electrons. The van der Waals surface area contributed by atoms with E-state index in [4.69, 9.17) is 0 Å². The van der Waals surface area contributed by atoms with Crippen LogP contribution in [0.3, 0.4) is 0 Å². The quantitative estimate of drug-likeness (QED) is 0.447. The van der Waals surface area contributed by atoms with Gasteiger partial charge in [0.1, 0.15) is 0 Å². The predicted octanol–water partition coefficient (Wildman–Crippen LogP) is -1.35. The van der Waals surface area contributed by atoms with Crippen LogP contribution >= 0.6 is 0 Å². The van der Waals surface area contributed by atoms with Crippen molar-refractivity contribution in [2.75, 3.05) is 0 Å². The van der Waals surface area contributed by atoms with Gasteiger partial charge in [0, 0.05) is 58.3 Å². The molecule has 0 amide bonds. The fourth-order valence-electron chi connectivity index (χ4n) is 0. The molecule has 0 spiro atoms. The van der Waals surface area contributed by atoms with Crippen LogP contribution in [0, 0.1) is 0 Å². The minimum atomic E-state index is 0. The summed E-state index contributed by atoms with van der Waals surface area (Å²) in [5.41, 5.74) is 0. The van der Waals surface area contributed by atoms with Crippen molar-refractivity contribution in [3.8, 4) is 0 Å². The Labute approximate surface area is 100.0 Å².